The minimum atomic E-state index is -0.464. The molecule has 16 heavy (non-hydrogen) atoms. The molecule has 1 aromatic carbocycles. The first-order valence-corrected chi connectivity index (χ1v) is 5.70. The normalized spacial score (nSPS) is 10.5. The van der Waals surface area contributed by atoms with Crippen LogP contribution in [0, 0.1) is 0 Å². The second-order valence-electron chi connectivity index (χ2n) is 3.02. The number of nitrogens with two attached hydrogens (primary N) is 1. The largest absolute Gasteiger partial charge is 0.376 e. The zero-order valence-electron chi connectivity index (χ0n) is 8.99. The van der Waals surface area contributed by atoms with E-state index in [9.17, 15) is 0 Å². The Hall–Kier alpha value is -0.690. The lowest BCUT2D eigenvalue weighted by Gasteiger charge is -2.18. The van der Waals surface area contributed by atoms with E-state index in [2.05, 4.69) is 21.2 Å². The van der Waals surface area contributed by atoms with Crippen LogP contribution in [0.2, 0.25) is 0 Å². The Labute approximate surface area is 108 Å². The smallest absolute Gasteiger partial charge is 0.185 e. The molecule has 0 aliphatic carbocycles. The van der Waals surface area contributed by atoms with Crippen LogP contribution in [-0.2, 0) is 9.47 Å². The predicted molar refractivity (Wildman–Crippen MR) is 71.3 cm³/mol. The lowest BCUT2D eigenvalue weighted by atomic mass is 10.1. The van der Waals surface area contributed by atoms with Gasteiger partial charge in [0.05, 0.1) is 0 Å². The number of methoxy groups -OCH3 is 2. The maximum Gasteiger partial charge on any atom is 0.185 e. The number of halogens is 1. The van der Waals surface area contributed by atoms with E-state index in [1.54, 1.807) is 14.2 Å². The zero-order valence-corrected chi connectivity index (χ0v) is 11.4. The topological polar surface area (TPSA) is 56.5 Å². The van der Waals surface area contributed by atoms with Gasteiger partial charge in [0, 0.05) is 29.9 Å². The highest BCUT2D eigenvalue weighted by Gasteiger charge is 2.14. The lowest BCUT2D eigenvalue weighted by Crippen LogP contribution is -2.20. The minimum Gasteiger partial charge on any atom is -0.376 e. The molecular weight excluding hydrogens is 292 g/mol. The van der Waals surface area contributed by atoms with Crippen molar-refractivity contribution in [3.8, 4) is 0 Å². The molecule has 0 saturated heterocycles. The quantitative estimate of drug-likeness (QED) is 0.661. The van der Waals surface area contributed by atoms with Crippen LogP contribution in [0.25, 0.3) is 0 Å². The van der Waals surface area contributed by atoms with Crippen LogP contribution in [-0.4, -0.2) is 19.3 Å². The summed E-state index contributed by atoms with van der Waals surface area (Å²) in [6.45, 7) is 0. The summed E-state index contributed by atoms with van der Waals surface area (Å²) in [6, 6.07) is 5.62. The van der Waals surface area contributed by atoms with Gasteiger partial charge in [-0.2, -0.15) is 0 Å². The Morgan fingerprint density at radius 1 is 1.44 bits per heavy atom. The van der Waals surface area contributed by atoms with E-state index in [1.165, 1.54) is 0 Å². The second-order valence-corrected chi connectivity index (χ2v) is 4.38. The molecule has 0 fully saturated rings. The molecule has 4 nitrogen and oxygen atoms in total. The molecule has 6 heteroatoms. The standard InChI is InChI=1S/C10H13BrN2O2S/c1-14-9(15-2)7-5-6(11)3-4-8(7)13-10(12)16/h3-5,9H,1-2H3,(H3,12,13,16). The molecule has 0 saturated carbocycles. The third-order valence-electron chi connectivity index (χ3n) is 1.95. The first kappa shape index (κ1) is 13.4. The van der Waals surface area contributed by atoms with Crippen LogP contribution in [0.4, 0.5) is 5.69 Å². The average molecular weight is 305 g/mol. The molecule has 0 heterocycles. The van der Waals surface area contributed by atoms with Gasteiger partial charge in [0.15, 0.2) is 11.4 Å². The van der Waals surface area contributed by atoms with Crippen LogP contribution in [0.15, 0.2) is 22.7 Å². The van der Waals surface area contributed by atoms with Gasteiger partial charge in [-0.05, 0) is 30.4 Å². The number of rotatable bonds is 4. The fourth-order valence-corrected chi connectivity index (χ4v) is 1.81. The molecule has 0 aliphatic rings. The van der Waals surface area contributed by atoms with Crippen molar-refractivity contribution in [3.63, 3.8) is 0 Å². The lowest BCUT2D eigenvalue weighted by molar-refractivity contribution is -0.105. The average Bonchev–Trinajstić information content (AvgIpc) is 2.23. The number of thiocarbonyl (C=S) groups is 1. The Bertz CT molecular complexity index is 383. The number of hydrogen-bond acceptors (Lipinski definition) is 3. The molecule has 0 unspecified atom stereocenters. The van der Waals surface area contributed by atoms with Crippen molar-refractivity contribution in [1.29, 1.82) is 0 Å². The zero-order chi connectivity index (χ0) is 12.1. The number of benzene rings is 1. The van der Waals surface area contributed by atoms with Crippen molar-refractivity contribution in [2.24, 2.45) is 5.73 Å². The molecule has 1 aromatic rings. The number of nitrogens with one attached hydrogen (secondary N) is 1. The van der Waals surface area contributed by atoms with Crippen molar-refractivity contribution in [1.82, 2.24) is 0 Å². The molecule has 0 amide bonds. The summed E-state index contributed by atoms with van der Waals surface area (Å²) in [4.78, 5) is 0. The van der Waals surface area contributed by atoms with Gasteiger partial charge in [0.1, 0.15) is 0 Å². The van der Waals surface area contributed by atoms with E-state index in [1.807, 2.05) is 18.2 Å². The summed E-state index contributed by atoms with van der Waals surface area (Å²) in [6.07, 6.45) is -0.464. The highest BCUT2D eigenvalue weighted by atomic mass is 79.9. The molecular formula is C10H13BrN2O2S. The summed E-state index contributed by atoms with van der Waals surface area (Å²) in [7, 11) is 3.14. The van der Waals surface area contributed by atoms with Gasteiger partial charge in [0.25, 0.3) is 0 Å². The summed E-state index contributed by atoms with van der Waals surface area (Å²) in [5.41, 5.74) is 7.04. The van der Waals surface area contributed by atoms with Crippen molar-refractivity contribution < 1.29 is 9.47 Å². The van der Waals surface area contributed by atoms with Crippen molar-refractivity contribution in [3.05, 3.63) is 28.2 Å². The first-order chi connectivity index (χ1) is 7.58. The van der Waals surface area contributed by atoms with Crippen molar-refractivity contribution in [2.75, 3.05) is 19.5 Å². The monoisotopic (exact) mass is 304 g/mol. The second kappa shape index (κ2) is 6.15. The Balaban J connectivity index is 3.11. The molecule has 0 aliphatic heterocycles. The van der Waals surface area contributed by atoms with Crippen LogP contribution >= 0.6 is 28.1 Å². The number of anilines is 1. The van der Waals surface area contributed by atoms with Gasteiger partial charge >= 0.3 is 0 Å². The van der Waals surface area contributed by atoms with Gasteiger partial charge in [-0.15, -0.1) is 0 Å². The maximum absolute atomic E-state index is 5.44. The summed E-state index contributed by atoms with van der Waals surface area (Å²) in [5.74, 6) is 0. The maximum atomic E-state index is 5.44. The highest BCUT2D eigenvalue weighted by molar-refractivity contribution is 9.10. The van der Waals surface area contributed by atoms with E-state index in [4.69, 9.17) is 27.4 Å². The SMILES string of the molecule is COC(OC)c1cc(Br)ccc1NC(N)=S. The van der Waals surface area contributed by atoms with E-state index in [0.717, 1.165) is 15.7 Å². The fourth-order valence-electron chi connectivity index (χ4n) is 1.33. The summed E-state index contributed by atoms with van der Waals surface area (Å²) < 4.78 is 11.3. The molecule has 88 valence electrons. The molecule has 0 atom stereocenters. The molecule has 0 radical (unpaired) electrons. The molecule has 0 spiro atoms. The Morgan fingerprint density at radius 3 is 2.56 bits per heavy atom. The molecule has 0 bridgehead atoms. The van der Waals surface area contributed by atoms with E-state index < -0.39 is 6.29 Å². The van der Waals surface area contributed by atoms with Crippen molar-refractivity contribution in [2.45, 2.75) is 6.29 Å². The van der Waals surface area contributed by atoms with Gasteiger partial charge in [-0.25, -0.2) is 0 Å². The Kier molecular flexibility index (Phi) is 5.14. The van der Waals surface area contributed by atoms with Crippen LogP contribution in [0.5, 0.6) is 0 Å². The van der Waals surface area contributed by atoms with Crippen LogP contribution in [0.1, 0.15) is 11.9 Å². The fraction of sp³-hybridized carbons (Fsp3) is 0.300. The number of ether oxygens (including phenoxy) is 2. The molecule has 0 aromatic heterocycles. The Morgan fingerprint density at radius 2 is 2.06 bits per heavy atom. The molecule has 1 rings (SSSR count). The van der Waals surface area contributed by atoms with E-state index >= 15 is 0 Å². The van der Waals surface area contributed by atoms with Gasteiger partial charge < -0.3 is 20.5 Å². The van der Waals surface area contributed by atoms with E-state index in [0.29, 0.717) is 0 Å². The summed E-state index contributed by atoms with van der Waals surface area (Å²) in [5, 5.41) is 3.08. The first-order valence-electron chi connectivity index (χ1n) is 4.50. The van der Waals surface area contributed by atoms with Crippen LogP contribution in [0.3, 0.4) is 0 Å². The minimum absolute atomic E-state index is 0.203. The predicted octanol–water partition coefficient (Wildman–Crippen LogP) is 2.40. The number of hydrogen-bond donors (Lipinski definition) is 2. The van der Waals surface area contributed by atoms with Crippen LogP contribution < -0.4 is 11.1 Å². The van der Waals surface area contributed by atoms with Gasteiger partial charge in [-0.1, -0.05) is 15.9 Å². The third kappa shape index (κ3) is 3.41. The van der Waals surface area contributed by atoms with Crippen molar-refractivity contribution >= 4 is 38.9 Å². The van der Waals surface area contributed by atoms with E-state index in [-0.39, 0.29) is 5.11 Å². The third-order valence-corrected chi connectivity index (χ3v) is 2.55. The summed E-state index contributed by atoms with van der Waals surface area (Å²) >= 11 is 8.19. The van der Waals surface area contributed by atoms with Gasteiger partial charge in [-0.3, -0.25) is 0 Å². The van der Waals surface area contributed by atoms with Gasteiger partial charge in [0.2, 0.25) is 0 Å². The highest BCUT2D eigenvalue weighted by Crippen LogP contribution is 2.28. The molecule has 3 N–H and O–H groups in total.